The number of benzene rings is 1. The summed E-state index contributed by atoms with van der Waals surface area (Å²) in [5.41, 5.74) is 1.59. The topological polar surface area (TPSA) is 0 Å². The Balaban J connectivity index is 3.19. The molecule has 0 saturated carbocycles. The Labute approximate surface area is 83.0 Å². The van der Waals surface area contributed by atoms with Crippen LogP contribution in [0.25, 0.3) is 6.08 Å². The van der Waals surface area contributed by atoms with Gasteiger partial charge in [-0.25, -0.2) is 0 Å². The quantitative estimate of drug-likeness (QED) is 0.690. The standard InChI is InChI=1S/C11H11ClF/c1-3-9-10(8(2)7-13)5-4-6-11(9)12/h3-6,8H,1-2,7H2. The van der Waals surface area contributed by atoms with Gasteiger partial charge in [0.2, 0.25) is 0 Å². The summed E-state index contributed by atoms with van der Waals surface area (Å²) < 4.78 is 12.4. The van der Waals surface area contributed by atoms with E-state index in [0.29, 0.717) is 5.02 Å². The second-order valence-electron chi connectivity index (χ2n) is 2.80. The molecule has 0 fully saturated rings. The van der Waals surface area contributed by atoms with Gasteiger partial charge in [0.15, 0.2) is 0 Å². The highest BCUT2D eigenvalue weighted by Crippen LogP contribution is 2.27. The van der Waals surface area contributed by atoms with Crippen molar-refractivity contribution in [1.82, 2.24) is 0 Å². The molecule has 2 heteroatoms. The minimum Gasteiger partial charge on any atom is -0.250 e. The molecule has 0 aliphatic carbocycles. The van der Waals surface area contributed by atoms with E-state index in [9.17, 15) is 4.39 Å². The molecule has 0 spiro atoms. The molecule has 0 aliphatic heterocycles. The van der Waals surface area contributed by atoms with Crippen molar-refractivity contribution in [3.8, 4) is 0 Å². The van der Waals surface area contributed by atoms with Gasteiger partial charge in [0.25, 0.3) is 0 Å². The van der Waals surface area contributed by atoms with Crippen molar-refractivity contribution in [3.05, 3.63) is 47.9 Å². The van der Waals surface area contributed by atoms with Crippen LogP contribution in [0.4, 0.5) is 4.39 Å². The monoisotopic (exact) mass is 197 g/mol. The predicted molar refractivity (Wildman–Crippen MR) is 55.6 cm³/mol. The Morgan fingerprint density at radius 3 is 2.77 bits per heavy atom. The van der Waals surface area contributed by atoms with Gasteiger partial charge in [-0.15, -0.1) is 0 Å². The fourth-order valence-electron chi connectivity index (χ4n) is 1.21. The summed E-state index contributed by atoms with van der Waals surface area (Å²) in [7, 11) is 0. The zero-order valence-electron chi connectivity index (χ0n) is 7.26. The van der Waals surface area contributed by atoms with Crippen molar-refractivity contribution in [2.75, 3.05) is 6.67 Å². The van der Waals surface area contributed by atoms with Crippen LogP contribution in [-0.2, 0) is 0 Å². The fourth-order valence-corrected chi connectivity index (χ4v) is 1.47. The Morgan fingerprint density at radius 2 is 2.23 bits per heavy atom. The van der Waals surface area contributed by atoms with Crippen molar-refractivity contribution in [2.45, 2.75) is 5.92 Å². The van der Waals surface area contributed by atoms with Gasteiger partial charge in [-0.2, -0.15) is 0 Å². The van der Waals surface area contributed by atoms with Crippen LogP contribution in [0.5, 0.6) is 0 Å². The maximum atomic E-state index is 12.4. The summed E-state index contributed by atoms with van der Waals surface area (Å²) in [5.74, 6) is -0.369. The van der Waals surface area contributed by atoms with Gasteiger partial charge < -0.3 is 0 Å². The van der Waals surface area contributed by atoms with E-state index < -0.39 is 6.67 Å². The highest BCUT2D eigenvalue weighted by Gasteiger charge is 2.10. The molecule has 0 saturated heterocycles. The molecule has 0 N–H and O–H groups in total. The Hall–Kier alpha value is -0.820. The van der Waals surface area contributed by atoms with Gasteiger partial charge in [-0.05, 0) is 24.1 Å². The Bertz CT molecular complexity index is 307. The first-order chi connectivity index (χ1) is 6.20. The van der Waals surface area contributed by atoms with Gasteiger partial charge in [0.05, 0.1) is 6.67 Å². The molecule has 0 amide bonds. The van der Waals surface area contributed by atoms with E-state index in [1.165, 1.54) is 0 Å². The number of alkyl halides is 1. The van der Waals surface area contributed by atoms with Crippen LogP contribution in [0.1, 0.15) is 17.0 Å². The third-order valence-corrected chi connectivity index (χ3v) is 2.25. The second-order valence-corrected chi connectivity index (χ2v) is 3.21. The van der Waals surface area contributed by atoms with Crippen LogP contribution in [0.15, 0.2) is 24.8 Å². The molecule has 1 atom stereocenters. The summed E-state index contributed by atoms with van der Waals surface area (Å²) in [4.78, 5) is 0. The molecule has 0 nitrogen and oxygen atoms in total. The molecule has 0 aromatic heterocycles. The zero-order valence-corrected chi connectivity index (χ0v) is 8.02. The van der Waals surface area contributed by atoms with E-state index in [1.54, 1.807) is 18.2 Å². The SMILES string of the molecule is [CH2]C(CF)c1cccc(Cl)c1C=C. The van der Waals surface area contributed by atoms with Gasteiger partial charge in [-0.3, -0.25) is 4.39 Å². The molecule has 1 aromatic rings. The van der Waals surface area contributed by atoms with Gasteiger partial charge >= 0.3 is 0 Å². The average molecular weight is 198 g/mol. The predicted octanol–water partition coefficient (Wildman–Crippen LogP) is 3.87. The van der Waals surface area contributed by atoms with Crippen molar-refractivity contribution < 1.29 is 4.39 Å². The first-order valence-corrected chi connectivity index (χ1v) is 4.38. The molecular weight excluding hydrogens is 187 g/mol. The lowest BCUT2D eigenvalue weighted by Crippen LogP contribution is -1.98. The summed E-state index contributed by atoms with van der Waals surface area (Å²) in [6.45, 7) is 6.84. The first-order valence-electron chi connectivity index (χ1n) is 4.00. The Morgan fingerprint density at radius 1 is 1.54 bits per heavy atom. The van der Waals surface area contributed by atoms with E-state index in [-0.39, 0.29) is 5.92 Å². The lowest BCUT2D eigenvalue weighted by atomic mass is 9.97. The number of hydrogen-bond donors (Lipinski definition) is 0. The third-order valence-electron chi connectivity index (χ3n) is 1.92. The van der Waals surface area contributed by atoms with Crippen molar-refractivity contribution in [2.24, 2.45) is 0 Å². The molecule has 0 aliphatic rings. The first kappa shape index (κ1) is 10.3. The molecule has 1 aromatic carbocycles. The minimum absolute atomic E-state index is 0.369. The van der Waals surface area contributed by atoms with E-state index in [1.807, 2.05) is 6.07 Å². The van der Waals surface area contributed by atoms with E-state index in [2.05, 4.69) is 13.5 Å². The summed E-state index contributed by atoms with van der Waals surface area (Å²) in [6, 6.07) is 5.37. The lowest BCUT2D eigenvalue weighted by Gasteiger charge is -2.11. The van der Waals surface area contributed by atoms with E-state index in [0.717, 1.165) is 11.1 Å². The molecule has 1 rings (SSSR count). The van der Waals surface area contributed by atoms with Crippen LogP contribution in [0.3, 0.4) is 0 Å². The number of rotatable bonds is 3. The largest absolute Gasteiger partial charge is 0.250 e. The molecule has 1 radical (unpaired) electrons. The Kier molecular flexibility index (Phi) is 3.49. The smallest absolute Gasteiger partial charge is 0.0963 e. The van der Waals surface area contributed by atoms with Gasteiger partial charge in [0, 0.05) is 10.9 Å². The minimum atomic E-state index is -0.485. The molecule has 69 valence electrons. The lowest BCUT2D eigenvalue weighted by molar-refractivity contribution is 0.465. The van der Waals surface area contributed by atoms with Gasteiger partial charge in [0.1, 0.15) is 0 Å². The van der Waals surface area contributed by atoms with Crippen LogP contribution in [-0.4, -0.2) is 6.67 Å². The highest BCUT2D eigenvalue weighted by atomic mass is 35.5. The van der Waals surface area contributed by atoms with Crippen LogP contribution >= 0.6 is 11.6 Å². The molecule has 0 heterocycles. The summed E-state index contributed by atoms with van der Waals surface area (Å²) >= 11 is 5.91. The molecule has 0 bridgehead atoms. The van der Waals surface area contributed by atoms with E-state index in [4.69, 9.17) is 11.6 Å². The fraction of sp³-hybridized carbons (Fsp3) is 0.182. The number of halogens is 2. The van der Waals surface area contributed by atoms with Crippen molar-refractivity contribution in [3.63, 3.8) is 0 Å². The maximum Gasteiger partial charge on any atom is 0.0963 e. The van der Waals surface area contributed by atoms with Crippen molar-refractivity contribution in [1.29, 1.82) is 0 Å². The van der Waals surface area contributed by atoms with Crippen molar-refractivity contribution >= 4 is 17.7 Å². The molecule has 13 heavy (non-hydrogen) atoms. The summed E-state index contributed by atoms with van der Waals surface area (Å²) in [5, 5.41) is 0.592. The van der Waals surface area contributed by atoms with Crippen LogP contribution < -0.4 is 0 Å². The second kappa shape index (κ2) is 4.43. The maximum absolute atomic E-state index is 12.4. The molecular formula is C11H11ClF. The van der Waals surface area contributed by atoms with Crippen LogP contribution in [0.2, 0.25) is 5.02 Å². The third kappa shape index (κ3) is 2.10. The molecule has 1 unspecified atom stereocenters. The zero-order chi connectivity index (χ0) is 9.84. The summed E-state index contributed by atoms with van der Waals surface area (Å²) in [6.07, 6.45) is 1.63. The van der Waals surface area contributed by atoms with Crippen LogP contribution in [0, 0.1) is 6.92 Å². The van der Waals surface area contributed by atoms with Gasteiger partial charge in [-0.1, -0.05) is 36.4 Å². The highest BCUT2D eigenvalue weighted by molar-refractivity contribution is 6.32. The van der Waals surface area contributed by atoms with E-state index >= 15 is 0 Å². The average Bonchev–Trinajstić information content (AvgIpc) is 2.16. The normalized spacial score (nSPS) is 12.5. The number of hydrogen-bond acceptors (Lipinski definition) is 0.